The summed E-state index contributed by atoms with van der Waals surface area (Å²) in [7, 11) is 1.81. The van der Waals surface area contributed by atoms with Gasteiger partial charge in [0, 0.05) is 24.7 Å². The van der Waals surface area contributed by atoms with Crippen LogP contribution in [0, 0.1) is 0 Å². The van der Waals surface area contributed by atoms with Crippen molar-refractivity contribution in [1.82, 2.24) is 10.2 Å². The maximum absolute atomic E-state index is 12.1. The van der Waals surface area contributed by atoms with Crippen LogP contribution < -0.4 is 5.32 Å². The predicted octanol–water partition coefficient (Wildman–Crippen LogP) is 3.16. The molecule has 0 aliphatic carbocycles. The van der Waals surface area contributed by atoms with Crippen LogP contribution in [0.3, 0.4) is 0 Å². The Bertz CT molecular complexity index is 444. The van der Waals surface area contributed by atoms with E-state index >= 15 is 0 Å². The predicted molar refractivity (Wildman–Crippen MR) is 82.6 cm³/mol. The molecule has 1 heterocycles. The van der Waals surface area contributed by atoms with Gasteiger partial charge in [0.2, 0.25) is 0 Å². The lowest BCUT2D eigenvalue weighted by atomic mass is 10.1. The second kappa shape index (κ2) is 7.09. The first-order valence-corrected chi connectivity index (χ1v) is 7.73. The van der Waals surface area contributed by atoms with Gasteiger partial charge in [0.25, 0.3) is 0 Å². The molecule has 0 spiro atoms. The maximum Gasteiger partial charge on any atom is 0.317 e. The van der Waals surface area contributed by atoms with E-state index in [4.69, 9.17) is 4.74 Å². The number of hydrogen-bond donors (Lipinski definition) is 1. The normalized spacial score (nSPS) is 19.6. The summed E-state index contributed by atoms with van der Waals surface area (Å²) in [6, 6.07) is 7.98. The van der Waals surface area contributed by atoms with E-state index in [-0.39, 0.29) is 18.2 Å². The largest absolute Gasteiger partial charge is 0.376 e. The molecule has 1 saturated heterocycles. The highest BCUT2D eigenvalue weighted by Gasteiger charge is 2.24. The van der Waals surface area contributed by atoms with Crippen LogP contribution in [-0.2, 0) is 11.3 Å². The quantitative estimate of drug-likeness (QED) is 0.914. The summed E-state index contributed by atoms with van der Waals surface area (Å²) in [5, 5.41) is 3.01. The number of rotatable bonds is 4. The van der Waals surface area contributed by atoms with Crippen molar-refractivity contribution in [1.29, 1.82) is 0 Å². The molecule has 2 amide bonds. The molecule has 1 aliphatic rings. The number of nitrogens with zero attached hydrogens (tertiary/aromatic N) is 1. The summed E-state index contributed by atoms with van der Waals surface area (Å²) in [6.45, 7) is 3.40. The van der Waals surface area contributed by atoms with Crippen molar-refractivity contribution >= 4 is 22.0 Å². The molecule has 1 aliphatic heterocycles. The lowest BCUT2D eigenvalue weighted by Gasteiger charge is -2.24. The van der Waals surface area contributed by atoms with Gasteiger partial charge in [-0.05, 0) is 37.5 Å². The molecular weight excluding hydrogens is 320 g/mol. The second-order valence-electron chi connectivity index (χ2n) is 5.27. The molecular formula is C15H21BrN2O2. The third-order valence-corrected chi connectivity index (χ3v) is 4.08. The average molecular weight is 341 g/mol. The first-order valence-electron chi connectivity index (χ1n) is 6.94. The minimum Gasteiger partial charge on any atom is -0.376 e. The molecule has 20 heavy (non-hydrogen) atoms. The standard InChI is InChI=1S/C15H21BrN2O2/c1-11(14-4-3-9-20-14)17-15(19)18(2)10-12-5-7-13(16)8-6-12/h5-8,11,14H,3-4,9-10H2,1-2H3,(H,17,19)/t11-,14-/m0/s1. The summed E-state index contributed by atoms with van der Waals surface area (Å²) in [5.41, 5.74) is 1.11. The Morgan fingerprint density at radius 2 is 2.20 bits per heavy atom. The zero-order chi connectivity index (χ0) is 14.5. The monoisotopic (exact) mass is 340 g/mol. The van der Waals surface area contributed by atoms with Crippen LogP contribution in [0.1, 0.15) is 25.3 Å². The number of halogens is 1. The van der Waals surface area contributed by atoms with Crippen molar-refractivity contribution in [3.05, 3.63) is 34.3 Å². The van der Waals surface area contributed by atoms with Crippen LogP contribution in [0.5, 0.6) is 0 Å². The third-order valence-electron chi connectivity index (χ3n) is 3.55. The van der Waals surface area contributed by atoms with Gasteiger partial charge in [-0.2, -0.15) is 0 Å². The van der Waals surface area contributed by atoms with Crippen molar-refractivity contribution in [2.75, 3.05) is 13.7 Å². The van der Waals surface area contributed by atoms with Crippen molar-refractivity contribution in [2.45, 2.75) is 38.5 Å². The van der Waals surface area contributed by atoms with E-state index < -0.39 is 0 Å². The Kier molecular flexibility index (Phi) is 5.43. The number of carbonyl (C=O) groups excluding carboxylic acids is 1. The molecule has 1 aromatic carbocycles. The number of nitrogens with one attached hydrogen (secondary N) is 1. The summed E-state index contributed by atoms with van der Waals surface area (Å²) in [6.07, 6.45) is 2.26. The summed E-state index contributed by atoms with van der Waals surface area (Å²) >= 11 is 3.40. The zero-order valence-electron chi connectivity index (χ0n) is 11.9. The third kappa shape index (κ3) is 4.21. The van der Waals surface area contributed by atoms with Gasteiger partial charge in [0.1, 0.15) is 0 Å². The topological polar surface area (TPSA) is 41.6 Å². The van der Waals surface area contributed by atoms with Gasteiger partial charge < -0.3 is 15.0 Å². The van der Waals surface area contributed by atoms with E-state index in [1.807, 2.05) is 31.2 Å². The Hall–Kier alpha value is -1.07. The highest BCUT2D eigenvalue weighted by Crippen LogP contribution is 2.16. The highest BCUT2D eigenvalue weighted by molar-refractivity contribution is 9.10. The number of amides is 2. The van der Waals surface area contributed by atoms with E-state index in [2.05, 4.69) is 21.2 Å². The Balaban J connectivity index is 1.83. The molecule has 2 atom stereocenters. The molecule has 110 valence electrons. The fourth-order valence-corrected chi connectivity index (χ4v) is 2.59. The van der Waals surface area contributed by atoms with Gasteiger partial charge in [0.05, 0.1) is 12.1 Å². The van der Waals surface area contributed by atoms with Crippen molar-refractivity contribution < 1.29 is 9.53 Å². The number of ether oxygens (including phenoxy) is 1. The Morgan fingerprint density at radius 3 is 2.80 bits per heavy atom. The fourth-order valence-electron chi connectivity index (χ4n) is 2.33. The second-order valence-corrected chi connectivity index (χ2v) is 6.19. The maximum atomic E-state index is 12.1. The number of hydrogen-bond acceptors (Lipinski definition) is 2. The number of benzene rings is 1. The van der Waals surface area contributed by atoms with Crippen molar-refractivity contribution in [3.8, 4) is 0 Å². The molecule has 0 aromatic heterocycles. The van der Waals surface area contributed by atoms with Gasteiger partial charge in [-0.15, -0.1) is 0 Å². The van der Waals surface area contributed by atoms with E-state index in [1.54, 1.807) is 11.9 Å². The molecule has 0 saturated carbocycles. The Labute approximate surface area is 128 Å². The van der Waals surface area contributed by atoms with Gasteiger partial charge in [-0.3, -0.25) is 0 Å². The Morgan fingerprint density at radius 1 is 1.50 bits per heavy atom. The average Bonchev–Trinajstić information content (AvgIpc) is 2.95. The zero-order valence-corrected chi connectivity index (χ0v) is 13.5. The van der Waals surface area contributed by atoms with Crippen LogP contribution in [0.2, 0.25) is 0 Å². The van der Waals surface area contributed by atoms with Crippen LogP contribution in [0.4, 0.5) is 4.79 Å². The number of carbonyl (C=O) groups is 1. The molecule has 5 heteroatoms. The van der Waals surface area contributed by atoms with Crippen molar-refractivity contribution in [3.63, 3.8) is 0 Å². The molecule has 0 unspecified atom stereocenters. The van der Waals surface area contributed by atoms with E-state index in [9.17, 15) is 4.79 Å². The molecule has 1 fully saturated rings. The van der Waals surface area contributed by atoms with Gasteiger partial charge in [-0.25, -0.2) is 4.79 Å². The highest BCUT2D eigenvalue weighted by atomic mass is 79.9. The lowest BCUT2D eigenvalue weighted by molar-refractivity contribution is 0.0838. The first-order chi connectivity index (χ1) is 9.56. The number of urea groups is 1. The van der Waals surface area contributed by atoms with Crippen LogP contribution in [0.25, 0.3) is 0 Å². The van der Waals surface area contributed by atoms with Gasteiger partial charge in [-0.1, -0.05) is 28.1 Å². The summed E-state index contributed by atoms with van der Waals surface area (Å²) in [5.74, 6) is 0. The smallest absolute Gasteiger partial charge is 0.317 e. The molecule has 2 rings (SSSR count). The molecule has 1 N–H and O–H groups in total. The molecule has 4 nitrogen and oxygen atoms in total. The van der Waals surface area contributed by atoms with Crippen LogP contribution >= 0.6 is 15.9 Å². The van der Waals surface area contributed by atoms with Gasteiger partial charge in [0.15, 0.2) is 0 Å². The van der Waals surface area contributed by atoms with E-state index in [0.717, 1.165) is 29.5 Å². The molecule has 1 aromatic rings. The lowest BCUT2D eigenvalue weighted by Crippen LogP contribution is -2.46. The minimum absolute atomic E-state index is 0.0531. The molecule has 0 bridgehead atoms. The van der Waals surface area contributed by atoms with E-state index in [0.29, 0.717) is 6.54 Å². The van der Waals surface area contributed by atoms with Crippen LogP contribution in [-0.4, -0.2) is 36.7 Å². The van der Waals surface area contributed by atoms with Crippen LogP contribution in [0.15, 0.2) is 28.7 Å². The van der Waals surface area contributed by atoms with E-state index in [1.165, 1.54) is 0 Å². The summed E-state index contributed by atoms with van der Waals surface area (Å²) < 4.78 is 6.63. The SMILES string of the molecule is C[C@H](NC(=O)N(C)Cc1ccc(Br)cc1)[C@@H]1CCCO1. The first kappa shape index (κ1) is 15.3. The minimum atomic E-state index is -0.0593. The molecule has 0 radical (unpaired) electrons. The fraction of sp³-hybridized carbons (Fsp3) is 0.533. The van der Waals surface area contributed by atoms with Gasteiger partial charge >= 0.3 is 6.03 Å². The van der Waals surface area contributed by atoms with Crippen molar-refractivity contribution in [2.24, 2.45) is 0 Å². The summed E-state index contributed by atoms with van der Waals surface area (Å²) in [4.78, 5) is 13.8.